The molecule has 0 spiro atoms. The molecule has 1 saturated carbocycles. The van der Waals surface area contributed by atoms with Crippen molar-refractivity contribution in [3.05, 3.63) is 42.2 Å². The maximum Gasteiger partial charge on any atom is 0.329 e. The van der Waals surface area contributed by atoms with Crippen LogP contribution in [0.5, 0.6) is 0 Å². The lowest BCUT2D eigenvalue weighted by atomic mass is 9.89. The van der Waals surface area contributed by atoms with Crippen LogP contribution in [0.1, 0.15) is 29.8 Å². The van der Waals surface area contributed by atoms with Crippen LogP contribution in [0.15, 0.2) is 36.5 Å². The number of fused-ring (bicyclic) bond motifs is 4. The van der Waals surface area contributed by atoms with Gasteiger partial charge in [0.2, 0.25) is 0 Å². The number of hydrogen-bond donors (Lipinski definition) is 3. The molecule has 2 aromatic rings. The summed E-state index contributed by atoms with van der Waals surface area (Å²) in [5.74, 6) is 0.674. The second-order valence-corrected chi connectivity index (χ2v) is 7.74. The van der Waals surface area contributed by atoms with Crippen LogP contribution in [0, 0.1) is 0 Å². The summed E-state index contributed by atoms with van der Waals surface area (Å²) in [4.78, 5) is 38.2. The monoisotopic (exact) mass is 394 g/mol. The second kappa shape index (κ2) is 7.00. The third-order valence-electron chi connectivity index (χ3n) is 5.75. The zero-order valence-corrected chi connectivity index (χ0v) is 15.8. The third-order valence-corrected chi connectivity index (χ3v) is 5.75. The van der Waals surface area contributed by atoms with Gasteiger partial charge in [-0.1, -0.05) is 6.07 Å². The van der Waals surface area contributed by atoms with Crippen molar-refractivity contribution in [1.29, 1.82) is 0 Å². The lowest BCUT2D eigenvalue weighted by molar-refractivity contribution is 0.0560. The molecule has 0 aromatic carbocycles. The van der Waals surface area contributed by atoms with Crippen molar-refractivity contribution in [2.24, 2.45) is 0 Å². The quantitative estimate of drug-likeness (QED) is 0.725. The summed E-state index contributed by atoms with van der Waals surface area (Å²) in [5.41, 5.74) is 1.12. The minimum atomic E-state index is -0.342. The number of nitrogens with zero attached hydrogens (tertiary/aromatic N) is 4. The van der Waals surface area contributed by atoms with Gasteiger partial charge >= 0.3 is 6.03 Å². The van der Waals surface area contributed by atoms with E-state index < -0.39 is 0 Å². The summed E-state index contributed by atoms with van der Waals surface area (Å²) in [5, 5.41) is 15.1. The van der Waals surface area contributed by atoms with Gasteiger partial charge < -0.3 is 15.3 Å². The van der Waals surface area contributed by atoms with E-state index in [9.17, 15) is 14.7 Å². The molecule has 3 N–H and O–H groups in total. The van der Waals surface area contributed by atoms with E-state index in [4.69, 9.17) is 0 Å². The highest BCUT2D eigenvalue weighted by Crippen LogP contribution is 2.39. The van der Waals surface area contributed by atoms with Crippen LogP contribution in [0.4, 0.5) is 22.1 Å². The minimum absolute atomic E-state index is 0.00111. The summed E-state index contributed by atoms with van der Waals surface area (Å²) >= 11 is 0. The van der Waals surface area contributed by atoms with E-state index in [0.29, 0.717) is 24.5 Å². The first-order valence-corrected chi connectivity index (χ1v) is 9.84. The highest BCUT2D eigenvalue weighted by atomic mass is 16.3. The van der Waals surface area contributed by atoms with Gasteiger partial charge in [0, 0.05) is 25.3 Å². The number of hydrogen-bond acceptors (Lipinski definition) is 6. The number of anilines is 3. The first kappa shape index (κ1) is 17.9. The fourth-order valence-electron chi connectivity index (χ4n) is 4.17. The number of amides is 3. The number of carbonyl (C=O) groups excluding carboxylic acids is 2. The molecule has 0 unspecified atom stereocenters. The molecule has 29 heavy (non-hydrogen) atoms. The average Bonchev–Trinajstić information content (AvgIpc) is 3.11. The molecule has 0 radical (unpaired) electrons. The van der Waals surface area contributed by atoms with Crippen molar-refractivity contribution in [1.82, 2.24) is 15.3 Å². The van der Waals surface area contributed by atoms with Crippen molar-refractivity contribution in [2.45, 2.75) is 37.5 Å². The van der Waals surface area contributed by atoms with Gasteiger partial charge in [-0.2, -0.15) is 0 Å². The van der Waals surface area contributed by atoms with Crippen LogP contribution in [-0.4, -0.2) is 58.3 Å². The van der Waals surface area contributed by atoms with E-state index in [2.05, 4.69) is 25.5 Å². The van der Waals surface area contributed by atoms with Crippen LogP contribution >= 0.6 is 0 Å². The van der Waals surface area contributed by atoms with Crippen molar-refractivity contribution in [2.75, 3.05) is 28.2 Å². The third kappa shape index (κ3) is 3.27. The molecule has 9 nitrogen and oxygen atoms in total. The van der Waals surface area contributed by atoms with Gasteiger partial charge in [0.25, 0.3) is 5.91 Å². The van der Waals surface area contributed by atoms with Crippen molar-refractivity contribution < 1.29 is 14.7 Å². The topological polar surface area (TPSA) is 111 Å². The number of urea groups is 1. The number of aromatic nitrogens is 2. The Bertz CT molecular complexity index is 946. The average molecular weight is 394 g/mol. The number of pyridine rings is 2. The van der Waals surface area contributed by atoms with Crippen LogP contribution in [0.2, 0.25) is 0 Å². The first-order valence-electron chi connectivity index (χ1n) is 9.84. The zero-order valence-electron chi connectivity index (χ0n) is 15.8. The molecule has 150 valence electrons. The standard InChI is InChI=1S/C20H22N6O3/c27-14-9-12(10-14)22-19(28)15-4-5-16-18(23-15)26(13-6-8-25(16)11-13)20(29)24-17-3-1-2-7-21-17/h1-5,7,12-14,27H,6,8-11H2,(H,22,28)(H,21,24,29)/t12-,13-,14-/m0/s1. The molecule has 9 heteroatoms. The van der Waals surface area contributed by atoms with Gasteiger partial charge in [0.15, 0.2) is 5.82 Å². The Morgan fingerprint density at radius 3 is 2.79 bits per heavy atom. The molecule has 2 aromatic heterocycles. The van der Waals surface area contributed by atoms with Crippen LogP contribution < -0.4 is 20.4 Å². The van der Waals surface area contributed by atoms with Crippen LogP contribution in [-0.2, 0) is 0 Å². The highest BCUT2D eigenvalue weighted by Gasteiger charge is 2.40. The van der Waals surface area contributed by atoms with Gasteiger partial charge in [0.05, 0.1) is 17.8 Å². The molecule has 1 aliphatic carbocycles. The Morgan fingerprint density at radius 1 is 1.17 bits per heavy atom. The van der Waals surface area contributed by atoms with Gasteiger partial charge in [-0.15, -0.1) is 0 Å². The summed E-state index contributed by atoms with van der Waals surface area (Å²) in [6.45, 7) is 1.59. The highest BCUT2D eigenvalue weighted by molar-refractivity contribution is 6.05. The van der Waals surface area contributed by atoms with E-state index in [-0.39, 0.29) is 35.8 Å². The fraction of sp³-hybridized carbons (Fsp3) is 0.400. The van der Waals surface area contributed by atoms with Gasteiger partial charge in [0.1, 0.15) is 11.5 Å². The van der Waals surface area contributed by atoms with E-state index in [0.717, 1.165) is 25.2 Å². The number of aliphatic hydroxyl groups is 1. The molecule has 5 rings (SSSR count). The smallest absolute Gasteiger partial charge is 0.329 e. The number of carbonyl (C=O) groups is 2. The van der Waals surface area contributed by atoms with Crippen molar-refractivity contribution >= 4 is 29.3 Å². The zero-order chi connectivity index (χ0) is 20.0. The predicted molar refractivity (Wildman–Crippen MR) is 107 cm³/mol. The second-order valence-electron chi connectivity index (χ2n) is 7.74. The Hall–Kier alpha value is -3.20. The number of aliphatic hydroxyl groups excluding tert-OH is 1. The molecule has 2 fully saturated rings. The van der Waals surface area contributed by atoms with E-state index in [1.54, 1.807) is 29.3 Å². The number of rotatable bonds is 3. The number of nitrogens with one attached hydrogen (secondary N) is 2. The Balaban J connectivity index is 1.42. The van der Waals surface area contributed by atoms with E-state index in [1.807, 2.05) is 12.1 Å². The Morgan fingerprint density at radius 2 is 2.03 bits per heavy atom. The Kier molecular flexibility index (Phi) is 4.31. The van der Waals surface area contributed by atoms with Gasteiger partial charge in [-0.05, 0) is 43.5 Å². The lowest BCUT2D eigenvalue weighted by Crippen LogP contribution is -2.49. The summed E-state index contributed by atoms with van der Waals surface area (Å²) in [7, 11) is 0. The minimum Gasteiger partial charge on any atom is -0.393 e. The van der Waals surface area contributed by atoms with Gasteiger partial charge in [-0.3, -0.25) is 15.0 Å². The van der Waals surface area contributed by atoms with Crippen LogP contribution in [0.25, 0.3) is 0 Å². The van der Waals surface area contributed by atoms with E-state index in [1.165, 1.54) is 0 Å². The molecule has 2 aliphatic heterocycles. The van der Waals surface area contributed by atoms with Gasteiger partial charge in [-0.25, -0.2) is 14.8 Å². The van der Waals surface area contributed by atoms with Crippen molar-refractivity contribution in [3.63, 3.8) is 0 Å². The molecule has 2 bridgehead atoms. The molecule has 1 saturated heterocycles. The molecule has 3 amide bonds. The SMILES string of the molecule is O=C(N[C@H]1C[C@H](O)C1)c1ccc2c(n1)N(C(=O)Nc1ccccn1)[C@H]1CCN2C1. The van der Waals surface area contributed by atoms with Crippen molar-refractivity contribution in [3.8, 4) is 0 Å². The molecule has 4 heterocycles. The molecule has 3 aliphatic rings. The lowest BCUT2D eigenvalue weighted by Gasteiger charge is -2.36. The molecule has 1 atom stereocenters. The normalized spacial score (nSPS) is 24.5. The maximum absolute atomic E-state index is 13.1. The summed E-state index contributed by atoms with van der Waals surface area (Å²) < 4.78 is 0. The Labute approximate surface area is 167 Å². The first-order chi connectivity index (χ1) is 14.1. The maximum atomic E-state index is 13.1. The molecular formula is C20H22N6O3. The van der Waals surface area contributed by atoms with E-state index >= 15 is 0 Å². The molecular weight excluding hydrogens is 372 g/mol. The summed E-state index contributed by atoms with van der Waals surface area (Å²) in [6.07, 6.45) is 3.24. The summed E-state index contributed by atoms with van der Waals surface area (Å²) in [6, 6.07) is 8.54. The predicted octanol–water partition coefficient (Wildman–Crippen LogP) is 1.36. The largest absolute Gasteiger partial charge is 0.393 e. The van der Waals surface area contributed by atoms with Crippen LogP contribution in [0.3, 0.4) is 0 Å². The fourth-order valence-corrected chi connectivity index (χ4v) is 4.17.